The molecule has 1 fully saturated rings. The van der Waals surface area contributed by atoms with Crippen molar-refractivity contribution < 1.29 is 0 Å². The molecule has 4 rings (SSSR count). The second-order valence-electron chi connectivity index (χ2n) is 7.26. The van der Waals surface area contributed by atoms with Gasteiger partial charge in [0.2, 0.25) is 0 Å². The first kappa shape index (κ1) is 16.0. The summed E-state index contributed by atoms with van der Waals surface area (Å²) in [4.78, 5) is 2.57. The number of likely N-dealkylation sites (tertiary alicyclic amines) is 1. The summed E-state index contributed by atoms with van der Waals surface area (Å²) >= 11 is 0. The fourth-order valence-electron chi connectivity index (χ4n) is 3.73. The summed E-state index contributed by atoms with van der Waals surface area (Å²) in [5.74, 6) is 0. The molecule has 0 unspecified atom stereocenters. The van der Waals surface area contributed by atoms with E-state index in [1.807, 2.05) is 0 Å². The molecule has 4 heteroatoms. The number of nitrogens with zero attached hydrogens (tertiary/aromatic N) is 3. The topological polar surface area (TPSA) is 44.8 Å². The van der Waals surface area contributed by atoms with Crippen LogP contribution in [0.3, 0.4) is 0 Å². The van der Waals surface area contributed by atoms with Crippen LogP contribution in [0.15, 0.2) is 60.8 Å². The van der Waals surface area contributed by atoms with E-state index in [-0.39, 0.29) is 5.41 Å². The number of aromatic nitrogens is 3. The summed E-state index contributed by atoms with van der Waals surface area (Å²) in [5.41, 5.74) is 5.09. The van der Waals surface area contributed by atoms with E-state index < -0.39 is 0 Å². The Kier molecular flexibility index (Phi) is 4.36. The predicted molar refractivity (Wildman–Crippen MR) is 100 cm³/mol. The average Bonchev–Trinajstić information content (AvgIpc) is 3.20. The lowest BCUT2D eigenvalue weighted by atomic mass is 9.74. The van der Waals surface area contributed by atoms with Crippen LogP contribution in [-0.2, 0) is 12.0 Å². The molecule has 2 heterocycles. The van der Waals surface area contributed by atoms with Crippen LogP contribution in [0, 0.1) is 0 Å². The maximum absolute atomic E-state index is 4.21. The molecule has 0 spiro atoms. The third kappa shape index (κ3) is 3.49. The third-order valence-corrected chi connectivity index (χ3v) is 5.48. The van der Waals surface area contributed by atoms with Crippen molar-refractivity contribution in [1.82, 2.24) is 20.3 Å². The van der Waals surface area contributed by atoms with Crippen LogP contribution in [0.4, 0.5) is 0 Å². The van der Waals surface area contributed by atoms with Crippen LogP contribution in [0.2, 0.25) is 0 Å². The summed E-state index contributed by atoms with van der Waals surface area (Å²) in [5, 5.41) is 10.8. The van der Waals surface area contributed by atoms with Crippen molar-refractivity contribution in [3.63, 3.8) is 0 Å². The number of piperidine rings is 1. The summed E-state index contributed by atoms with van der Waals surface area (Å²) in [7, 11) is 0. The molecule has 0 radical (unpaired) electrons. The molecule has 1 aromatic heterocycles. The Labute approximate surface area is 148 Å². The van der Waals surface area contributed by atoms with Crippen LogP contribution in [0.5, 0.6) is 0 Å². The number of hydrogen-bond donors (Lipinski definition) is 1. The second kappa shape index (κ2) is 6.81. The fourth-order valence-corrected chi connectivity index (χ4v) is 3.73. The Morgan fingerprint density at radius 3 is 2.56 bits per heavy atom. The van der Waals surface area contributed by atoms with Gasteiger partial charge in [0.1, 0.15) is 5.69 Å². The Morgan fingerprint density at radius 1 is 1.04 bits per heavy atom. The zero-order chi connectivity index (χ0) is 17.1. The molecular weight excluding hydrogens is 308 g/mol. The fraction of sp³-hybridized carbons (Fsp3) is 0.333. The number of aromatic amines is 1. The molecule has 1 saturated heterocycles. The standard InChI is InChI=1S/C21H24N4/c1-21(19-9-5-8-18(14-19)20-15-22-24-23-20)10-12-25(13-11-21)16-17-6-3-2-4-7-17/h2-9,14-15H,10-13,16H2,1H3,(H,22,23,24). The Bertz CT molecular complexity index is 803. The normalized spacial score (nSPS) is 17.5. The highest BCUT2D eigenvalue weighted by molar-refractivity contribution is 5.59. The molecule has 0 aliphatic carbocycles. The van der Waals surface area contributed by atoms with Gasteiger partial charge in [0, 0.05) is 12.1 Å². The lowest BCUT2D eigenvalue weighted by Crippen LogP contribution is -2.40. The molecule has 0 saturated carbocycles. The van der Waals surface area contributed by atoms with Gasteiger partial charge < -0.3 is 0 Å². The largest absolute Gasteiger partial charge is 0.299 e. The molecule has 1 N–H and O–H groups in total. The molecule has 0 amide bonds. The van der Waals surface area contributed by atoms with Gasteiger partial charge in [0.15, 0.2) is 0 Å². The second-order valence-corrected chi connectivity index (χ2v) is 7.26. The van der Waals surface area contributed by atoms with Crippen LogP contribution in [0.25, 0.3) is 11.3 Å². The first-order valence-corrected chi connectivity index (χ1v) is 8.96. The van der Waals surface area contributed by atoms with Gasteiger partial charge in [-0.25, -0.2) is 0 Å². The Hall–Kier alpha value is -2.46. The number of hydrogen-bond acceptors (Lipinski definition) is 3. The highest BCUT2D eigenvalue weighted by Crippen LogP contribution is 2.36. The molecule has 1 aliphatic heterocycles. The van der Waals surface area contributed by atoms with Crippen LogP contribution in [0.1, 0.15) is 30.9 Å². The summed E-state index contributed by atoms with van der Waals surface area (Å²) in [6, 6.07) is 19.6. The van der Waals surface area contributed by atoms with E-state index in [0.29, 0.717) is 0 Å². The van der Waals surface area contributed by atoms with E-state index in [2.05, 4.69) is 81.8 Å². The maximum Gasteiger partial charge on any atom is 0.112 e. The van der Waals surface area contributed by atoms with Crippen molar-refractivity contribution >= 4 is 0 Å². The first-order chi connectivity index (χ1) is 12.2. The maximum atomic E-state index is 4.21. The van der Waals surface area contributed by atoms with Gasteiger partial charge in [0.05, 0.1) is 6.20 Å². The summed E-state index contributed by atoms with van der Waals surface area (Å²) in [6.45, 7) is 5.73. The van der Waals surface area contributed by atoms with Crippen molar-refractivity contribution in [3.05, 3.63) is 71.9 Å². The monoisotopic (exact) mass is 332 g/mol. The SMILES string of the molecule is CC1(c2cccc(-c3cn[nH]n3)c2)CCN(Cc2ccccc2)CC1. The minimum absolute atomic E-state index is 0.229. The number of nitrogens with one attached hydrogen (secondary N) is 1. The van der Waals surface area contributed by atoms with Crippen molar-refractivity contribution in [3.8, 4) is 11.3 Å². The molecular formula is C21H24N4. The van der Waals surface area contributed by atoms with E-state index >= 15 is 0 Å². The van der Waals surface area contributed by atoms with Gasteiger partial charge >= 0.3 is 0 Å². The molecule has 0 atom stereocenters. The van der Waals surface area contributed by atoms with Crippen LogP contribution < -0.4 is 0 Å². The summed E-state index contributed by atoms with van der Waals surface area (Å²) in [6.07, 6.45) is 4.15. The van der Waals surface area contributed by atoms with E-state index in [4.69, 9.17) is 0 Å². The first-order valence-electron chi connectivity index (χ1n) is 8.96. The average molecular weight is 332 g/mol. The van der Waals surface area contributed by atoms with Gasteiger partial charge in [-0.1, -0.05) is 55.5 Å². The highest BCUT2D eigenvalue weighted by atomic mass is 15.3. The van der Waals surface area contributed by atoms with Gasteiger partial charge in [-0.3, -0.25) is 4.90 Å². The van der Waals surface area contributed by atoms with Crippen molar-refractivity contribution in [2.75, 3.05) is 13.1 Å². The van der Waals surface area contributed by atoms with Gasteiger partial charge in [-0.15, -0.1) is 0 Å². The highest BCUT2D eigenvalue weighted by Gasteiger charge is 2.31. The minimum atomic E-state index is 0.229. The molecule has 4 nitrogen and oxygen atoms in total. The predicted octanol–water partition coefficient (Wildman–Crippen LogP) is 4.03. The summed E-state index contributed by atoms with van der Waals surface area (Å²) < 4.78 is 0. The minimum Gasteiger partial charge on any atom is -0.299 e. The lowest BCUT2D eigenvalue weighted by molar-refractivity contribution is 0.162. The molecule has 3 aromatic rings. The zero-order valence-corrected chi connectivity index (χ0v) is 14.7. The van der Waals surface area contributed by atoms with E-state index in [0.717, 1.165) is 30.9 Å². The van der Waals surface area contributed by atoms with Crippen LogP contribution >= 0.6 is 0 Å². The van der Waals surface area contributed by atoms with E-state index in [1.165, 1.54) is 24.0 Å². The Morgan fingerprint density at radius 2 is 1.84 bits per heavy atom. The molecule has 128 valence electrons. The van der Waals surface area contributed by atoms with Gasteiger partial charge in [-0.05, 0) is 48.5 Å². The molecule has 2 aromatic carbocycles. The quantitative estimate of drug-likeness (QED) is 0.785. The Balaban J connectivity index is 1.46. The smallest absolute Gasteiger partial charge is 0.112 e. The van der Waals surface area contributed by atoms with Crippen molar-refractivity contribution in [2.45, 2.75) is 31.7 Å². The van der Waals surface area contributed by atoms with E-state index in [1.54, 1.807) is 6.20 Å². The zero-order valence-electron chi connectivity index (χ0n) is 14.7. The number of H-pyrrole nitrogens is 1. The van der Waals surface area contributed by atoms with Crippen molar-refractivity contribution in [2.24, 2.45) is 0 Å². The third-order valence-electron chi connectivity index (χ3n) is 5.48. The molecule has 1 aliphatic rings. The van der Waals surface area contributed by atoms with Gasteiger partial charge in [-0.2, -0.15) is 15.4 Å². The number of rotatable bonds is 4. The van der Waals surface area contributed by atoms with Crippen molar-refractivity contribution in [1.29, 1.82) is 0 Å². The van der Waals surface area contributed by atoms with Gasteiger partial charge in [0.25, 0.3) is 0 Å². The number of benzene rings is 2. The lowest BCUT2D eigenvalue weighted by Gasteiger charge is -2.40. The van der Waals surface area contributed by atoms with Crippen LogP contribution in [-0.4, -0.2) is 33.4 Å². The van der Waals surface area contributed by atoms with E-state index in [9.17, 15) is 0 Å². The molecule has 25 heavy (non-hydrogen) atoms. The molecule has 0 bridgehead atoms.